The molecule has 0 saturated carbocycles. The van der Waals surface area contributed by atoms with E-state index in [1.807, 2.05) is 0 Å². The SMILES string of the molecule is CCCCCCCCCCCCCCCCc1n(CCCCCCCCC)cc[n+]1CCCCC. The minimum absolute atomic E-state index is 1.21. The summed E-state index contributed by atoms with van der Waals surface area (Å²) in [7, 11) is 0. The highest BCUT2D eigenvalue weighted by atomic mass is 15.1. The molecule has 1 heterocycles. The number of aromatic nitrogens is 2. The maximum Gasteiger partial charge on any atom is 0.256 e. The van der Waals surface area contributed by atoms with Gasteiger partial charge in [0.15, 0.2) is 0 Å². The Morgan fingerprint density at radius 3 is 1.37 bits per heavy atom. The van der Waals surface area contributed by atoms with Crippen LogP contribution in [0.15, 0.2) is 12.4 Å². The first-order valence-corrected chi connectivity index (χ1v) is 16.4. The van der Waals surface area contributed by atoms with Crippen molar-refractivity contribution < 1.29 is 4.57 Å². The van der Waals surface area contributed by atoms with Crippen LogP contribution >= 0.6 is 0 Å². The van der Waals surface area contributed by atoms with Crippen molar-refractivity contribution in [2.75, 3.05) is 0 Å². The zero-order valence-electron chi connectivity index (χ0n) is 24.6. The second-order valence-corrected chi connectivity index (χ2v) is 11.3. The molecule has 0 aliphatic heterocycles. The van der Waals surface area contributed by atoms with E-state index in [2.05, 4.69) is 42.3 Å². The molecule has 0 aliphatic rings. The summed E-state index contributed by atoms with van der Waals surface area (Å²) in [5.41, 5.74) is 0. The number of nitrogens with zero attached hydrogens (tertiary/aromatic N) is 2. The minimum atomic E-state index is 1.21. The summed E-state index contributed by atoms with van der Waals surface area (Å²) in [5, 5.41) is 0. The molecular weight excluding hydrogens is 424 g/mol. The van der Waals surface area contributed by atoms with Crippen molar-refractivity contribution in [1.29, 1.82) is 0 Å². The quantitative estimate of drug-likeness (QED) is 0.0858. The molecule has 0 amide bonds. The summed E-state index contributed by atoms with van der Waals surface area (Å²) < 4.78 is 5.18. The molecule has 0 bridgehead atoms. The summed E-state index contributed by atoms with van der Waals surface area (Å²) >= 11 is 0. The highest BCUT2D eigenvalue weighted by Gasteiger charge is 2.16. The van der Waals surface area contributed by atoms with Gasteiger partial charge in [-0.05, 0) is 32.1 Å². The van der Waals surface area contributed by atoms with E-state index in [1.54, 1.807) is 5.82 Å². The predicted molar refractivity (Wildman–Crippen MR) is 156 cm³/mol. The van der Waals surface area contributed by atoms with Crippen molar-refractivity contribution in [1.82, 2.24) is 4.57 Å². The van der Waals surface area contributed by atoms with Gasteiger partial charge in [0.1, 0.15) is 12.4 Å². The molecule has 35 heavy (non-hydrogen) atoms. The summed E-state index contributed by atoms with van der Waals surface area (Å²) in [5.74, 6) is 1.60. The third-order valence-corrected chi connectivity index (χ3v) is 7.85. The van der Waals surface area contributed by atoms with Crippen LogP contribution in [0.2, 0.25) is 0 Å². The van der Waals surface area contributed by atoms with E-state index in [4.69, 9.17) is 0 Å². The predicted octanol–water partition coefficient (Wildman–Crippen LogP) is 10.7. The van der Waals surface area contributed by atoms with Crippen LogP contribution in [-0.2, 0) is 19.5 Å². The van der Waals surface area contributed by atoms with Crippen molar-refractivity contribution in [2.24, 2.45) is 0 Å². The summed E-state index contributed by atoms with van der Waals surface area (Å²) in [6, 6.07) is 0. The Hall–Kier alpha value is -0.790. The molecule has 0 unspecified atom stereocenters. The fourth-order valence-corrected chi connectivity index (χ4v) is 5.44. The third kappa shape index (κ3) is 18.2. The zero-order chi connectivity index (χ0) is 25.2. The largest absolute Gasteiger partial charge is 0.256 e. The van der Waals surface area contributed by atoms with E-state index in [0.29, 0.717) is 0 Å². The third-order valence-electron chi connectivity index (χ3n) is 7.85. The Labute approximate surface area is 221 Å². The van der Waals surface area contributed by atoms with Gasteiger partial charge in [-0.2, -0.15) is 0 Å². The van der Waals surface area contributed by atoms with Gasteiger partial charge in [-0.3, -0.25) is 0 Å². The summed E-state index contributed by atoms with van der Waals surface area (Å²) in [6.45, 7) is 9.36. The second kappa shape index (κ2) is 24.9. The van der Waals surface area contributed by atoms with Gasteiger partial charge in [-0.1, -0.05) is 143 Å². The molecule has 0 aliphatic carbocycles. The Balaban J connectivity index is 2.18. The average Bonchev–Trinajstić information content (AvgIpc) is 3.25. The van der Waals surface area contributed by atoms with Gasteiger partial charge >= 0.3 is 0 Å². The van der Waals surface area contributed by atoms with Crippen LogP contribution in [0.5, 0.6) is 0 Å². The van der Waals surface area contributed by atoms with E-state index in [9.17, 15) is 0 Å². The maximum absolute atomic E-state index is 2.60. The summed E-state index contributed by atoms with van der Waals surface area (Å²) in [6.07, 6.45) is 40.0. The van der Waals surface area contributed by atoms with Crippen molar-refractivity contribution in [3.05, 3.63) is 18.2 Å². The molecule has 1 rings (SSSR count). The highest BCUT2D eigenvalue weighted by molar-refractivity contribution is 4.84. The van der Waals surface area contributed by atoms with Crippen LogP contribution in [0.4, 0.5) is 0 Å². The van der Waals surface area contributed by atoms with Gasteiger partial charge < -0.3 is 0 Å². The smallest absolute Gasteiger partial charge is 0.234 e. The molecule has 0 saturated heterocycles. The summed E-state index contributed by atoms with van der Waals surface area (Å²) in [4.78, 5) is 0. The molecule has 0 radical (unpaired) electrons. The molecule has 1 aromatic rings. The van der Waals surface area contributed by atoms with Crippen LogP contribution in [0.3, 0.4) is 0 Å². The standard InChI is InChI=1S/C33H65N2/c1-4-7-10-12-14-15-16-17-18-19-20-21-23-25-28-33-34(29-26-9-6-3)31-32-35(33)30-27-24-22-13-11-8-5-2/h31-32H,4-30H2,1-3H3/q+1. The van der Waals surface area contributed by atoms with E-state index >= 15 is 0 Å². The lowest BCUT2D eigenvalue weighted by Gasteiger charge is -2.07. The fraction of sp³-hybridized carbons (Fsp3) is 0.909. The van der Waals surface area contributed by atoms with Crippen LogP contribution < -0.4 is 4.57 Å². The zero-order valence-corrected chi connectivity index (χ0v) is 24.6. The first kappa shape index (κ1) is 32.2. The first-order valence-electron chi connectivity index (χ1n) is 16.4. The average molecular weight is 490 g/mol. The minimum Gasteiger partial charge on any atom is -0.234 e. The molecule has 0 N–H and O–H groups in total. The normalized spacial score (nSPS) is 11.5. The van der Waals surface area contributed by atoms with Crippen molar-refractivity contribution >= 4 is 0 Å². The number of hydrogen-bond acceptors (Lipinski definition) is 0. The van der Waals surface area contributed by atoms with Gasteiger partial charge in [-0.25, -0.2) is 9.13 Å². The van der Waals surface area contributed by atoms with E-state index < -0.39 is 0 Å². The Morgan fingerprint density at radius 1 is 0.486 bits per heavy atom. The lowest BCUT2D eigenvalue weighted by molar-refractivity contribution is -0.704. The van der Waals surface area contributed by atoms with Crippen LogP contribution in [0.1, 0.15) is 181 Å². The van der Waals surface area contributed by atoms with E-state index in [1.165, 1.54) is 174 Å². The molecule has 0 aromatic carbocycles. The number of hydrogen-bond donors (Lipinski definition) is 0. The van der Waals surface area contributed by atoms with Crippen molar-refractivity contribution in [3.8, 4) is 0 Å². The molecular formula is C33H65N2+. The van der Waals surface area contributed by atoms with Gasteiger partial charge in [0.05, 0.1) is 13.1 Å². The first-order chi connectivity index (χ1) is 17.3. The van der Waals surface area contributed by atoms with E-state index in [0.717, 1.165) is 0 Å². The Bertz CT molecular complexity index is 547. The second-order valence-electron chi connectivity index (χ2n) is 11.3. The van der Waals surface area contributed by atoms with Gasteiger partial charge in [-0.15, -0.1) is 0 Å². The highest BCUT2D eigenvalue weighted by Crippen LogP contribution is 2.14. The van der Waals surface area contributed by atoms with Crippen molar-refractivity contribution in [3.63, 3.8) is 0 Å². The van der Waals surface area contributed by atoms with Crippen LogP contribution in [0.25, 0.3) is 0 Å². The lowest BCUT2D eigenvalue weighted by atomic mass is 10.0. The van der Waals surface area contributed by atoms with Gasteiger partial charge in [0.25, 0.3) is 5.82 Å². The van der Waals surface area contributed by atoms with Gasteiger partial charge in [0.2, 0.25) is 0 Å². The fourth-order valence-electron chi connectivity index (χ4n) is 5.44. The Morgan fingerprint density at radius 2 is 0.886 bits per heavy atom. The van der Waals surface area contributed by atoms with Crippen LogP contribution in [0, 0.1) is 0 Å². The monoisotopic (exact) mass is 490 g/mol. The number of unbranched alkanes of at least 4 members (excludes halogenated alkanes) is 21. The van der Waals surface area contributed by atoms with E-state index in [-0.39, 0.29) is 0 Å². The van der Waals surface area contributed by atoms with Crippen molar-refractivity contribution in [2.45, 2.75) is 194 Å². The maximum atomic E-state index is 2.60. The molecule has 0 atom stereocenters. The number of rotatable bonds is 27. The van der Waals surface area contributed by atoms with Crippen LogP contribution in [-0.4, -0.2) is 4.57 Å². The molecule has 0 spiro atoms. The topological polar surface area (TPSA) is 8.81 Å². The number of imidazole rings is 1. The van der Waals surface area contributed by atoms with Gasteiger partial charge in [0, 0.05) is 6.42 Å². The number of aryl methyl sites for hydroxylation is 2. The Kier molecular flexibility index (Phi) is 22.9. The molecule has 1 aromatic heterocycles. The molecule has 2 heteroatoms. The molecule has 0 fully saturated rings. The molecule has 206 valence electrons. The lowest BCUT2D eigenvalue weighted by Crippen LogP contribution is -2.37. The molecule has 2 nitrogen and oxygen atoms in total.